The Morgan fingerprint density at radius 3 is 2.77 bits per heavy atom. The molecule has 0 N–H and O–H groups in total. The van der Waals surface area contributed by atoms with Crippen LogP contribution in [0.5, 0.6) is 0 Å². The molecule has 0 atom stereocenters. The van der Waals surface area contributed by atoms with Crippen molar-refractivity contribution >= 4 is 21.7 Å². The topological polar surface area (TPSA) is 17.1 Å². The van der Waals surface area contributed by atoms with E-state index in [0.29, 0.717) is 0 Å². The van der Waals surface area contributed by atoms with Crippen LogP contribution >= 0.6 is 15.9 Å². The lowest BCUT2D eigenvalue weighted by Crippen LogP contribution is -2.18. The molecule has 0 bridgehead atoms. The van der Waals surface area contributed by atoms with Crippen molar-refractivity contribution < 1.29 is 4.79 Å². The maximum atomic E-state index is 11.8. The molecule has 0 spiro atoms. The van der Waals surface area contributed by atoms with E-state index in [9.17, 15) is 4.79 Å². The molecule has 1 nitrogen and oxygen atoms in total. The highest BCUT2D eigenvalue weighted by molar-refractivity contribution is 9.10. The summed E-state index contributed by atoms with van der Waals surface area (Å²) in [5.74, 6) is 0.273. The Morgan fingerprint density at radius 2 is 2.08 bits per heavy atom. The van der Waals surface area contributed by atoms with Gasteiger partial charge in [0.25, 0.3) is 0 Å². The van der Waals surface area contributed by atoms with Crippen LogP contribution in [0, 0.1) is 5.41 Å². The van der Waals surface area contributed by atoms with E-state index in [4.69, 9.17) is 0 Å². The predicted octanol–water partition coefficient (Wildman–Crippen LogP) is 3.21. The minimum absolute atomic E-state index is 0.205. The highest BCUT2D eigenvalue weighted by atomic mass is 79.9. The van der Waals surface area contributed by atoms with Crippen molar-refractivity contribution in [2.24, 2.45) is 5.41 Å². The SMILES string of the molecule is CC1(C)Cc2cc(Br)ccc2C1=O. The van der Waals surface area contributed by atoms with Gasteiger partial charge in [-0.05, 0) is 30.2 Å². The molecule has 0 amide bonds. The minimum Gasteiger partial charge on any atom is -0.294 e. The molecule has 2 heteroatoms. The first kappa shape index (κ1) is 8.95. The molecule has 1 aliphatic rings. The van der Waals surface area contributed by atoms with Gasteiger partial charge in [0.1, 0.15) is 0 Å². The molecule has 2 rings (SSSR count). The summed E-state index contributed by atoms with van der Waals surface area (Å²) in [5.41, 5.74) is 1.86. The fourth-order valence-electron chi connectivity index (χ4n) is 1.85. The number of ketones is 1. The second-order valence-corrected chi connectivity index (χ2v) is 5.11. The van der Waals surface area contributed by atoms with Crippen LogP contribution in [-0.4, -0.2) is 5.78 Å². The summed E-state index contributed by atoms with van der Waals surface area (Å²) in [6, 6.07) is 5.89. The van der Waals surface area contributed by atoms with Gasteiger partial charge in [-0.2, -0.15) is 0 Å². The third-order valence-corrected chi connectivity index (χ3v) is 3.05. The number of hydrogen-bond donors (Lipinski definition) is 0. The van der Waals surface area contributed by atoms with E-state index in [2.05, 4.69) is 15.9 Å². The summed E-state index contributed by atoms with van der Waals surface area (Å²) >= 11 is 3.41. The van der Waals surface area contributed by atoms with Gasteiger partial charge in [0.05, 0.1) is 0 Å². The normalized spacial score (nSPS) is 18.8. The number of benzene rings is 1. The zero-order valence-corrected chi connectivity index (χ0v) is 9.31. The van der Waals surface area contributed by atoms with Gasteiger partial charge in [0.15, 0.2) is 5.78 Å². The predicted molar refractivity (Wildman–Crippen MR) is 56.0 cm³/mol. The largest absolute Gasteiger partial charge is 0.294 e. The molecule has 0 unspecified atom stereocenters. The van der Waals surface area contributed by atoms with Crippen molar-refractivity contribution in [1.82, 2.24) is 0 Å². The van der Waals surface area contributed by atoms with E-state index in [1.807, 2.05) is 32.0 Å². The van der Waals surface area contributed by atoms with Crippen molar-refractivity contribution in [2.75, 3.05) is 0 Å². The number of Topliss-reactive ketones (excluding diaryl/α,β-unsaturated/α-hetero) is 1. The standard InChI is InChI=1S/C11H11BrO/c1-11(2)6-7-5-8(12)3-4-9(7)10(11)13/h3-5H,6H2,1-2H3. The van der Waals surface area contributed by atoms with Crippen molar-refractivity contribution in [3.63, 3.8) is 0 Å². The summed E-state index contributed by atoms with van der Waals surface area (Å²) in [6.45, 7) is 4.01. The third kappa shape index (κ3) is 1.33. The van der Waals surface area contributed by atoms with Crippen LogP contribution in [0.15, 0.2) is 22.7 Å². The number of carbonyl (C=O) groups excluding carboxylic acids is 1. The molecule has 0 saturated heterocycles. The molecular weight excluding hydrogens is 228 g/mol. The Kier molecular flexibility index (Phi) is 1.84. The van der Waals surface area contributed by atoms with Crippen LogP contribution in [0.2, 0.25) is 0 Å². The monoisotopic (exact) mass is 238 g/mol. The average Bonchev–Trinajstić information content (AvgIpc) is 2.22. The van der Waals surface area contributed by atoms with Crippen molar-refractivity contribution in [2.45, 2.75) is 20.3 Å². The highest BCUT2D eigenvalue weighted by Crippen LogP contribution is 2.36. The number of halogens is 1. The molecule has 0 heterocycles. The molecule has 1 aromatic rings. The maximum absolute atomic E-state index is 11.8. The molecule has 0 aromatic heterocycles. The molecule has 13 heavy (non-hydrogen) atoms. The van der Waals surface area contributed by atoms with E-state index < -0.39 is 0 Å². The summed E-state index contributed by atoms with van der Waals surface area (Å²) < 4.78 is 1.05. The molecule has 0 fully saturated rings. The van der Waals surface area contributed by atoms with Crippen LogP contribution in [-0.2, 0) is 6.42 Å². The van der Waals surface area contributed by atoms with Gasteiger partial charge in [-0.3, -0.25) is 4.79 Å². The Bertz CT molecular complexity index is 380. The van der Waals surface area contributed by atoms with E-state index >= 15 is 0 Å². The molecule has 0 aliphatic heterocycles. The lowest BCUT2D eigenvalue weighted by atomic mass is 9.89. The van der Waals surface area contributed by atoms with Crippen molar-refractivity contribution in [3.8, 4) is 0 Å². The van der Waals surface area contributed by atoms with E-state index in [1.54, 1.807) is 0 Å². The van der Waals surface area contributed by atoms with Crippen molar-refractivity contribution in [3.05, 3.63) is 33.8 Å². The second kappa shape index (κ2) is 2.68. The number of rotatable bonds is 0. The van der Waals surface area contributed by atoms with Gasteiger partial charge in [-0.1, -0.05) is 29.8 Å². The van der Waals surface area contributed by atoms with Gasteiger partial charge in [0.2, 0.25) is 0 Å². The lowest BCUT2D eigenvalue weighted by Gasteiger charge is -2.12. The van der Waals surface area contributed by atoms with Crippen LogP contribution in [0.4, 0.5) is 0 Å². The second-order valence-electron chi connectivity index (χ2n) is 4.19. The summed E-state index contributed by atoms with van der Waals surface area (Å²) in [5, 5.41) is 0. The quantitative estimate of drug-likeness (QED) is 0.679. The van der Waals surface area contributed by atoms with Crippen LogP contribution < -0.4 is 0 Å². The zero-order valence-electron chi connectivity index (χ0n) is 7.73. The van der Waals surface area contributed by atoms with Crippen molar-refractivity contribution in [1.29, 1.82) is 0 Å². The van der Waals surface area contributed by atoms with Gasteiger partial charge in [-0.25, -0.2) is 0 Å². The summed E-state index contributed by atoms with van der Waals surface area (Å²) in [7, 11) is 0. The number of fused-ring (bicyclic) bond motifs is 1. The van der Waals surface area contributed by atoms with E-state index in [-0.39, 0.29) is 11.2 Å². The summed E-state index contributed by atoms with van der Waals surface area (Å²) in [4.78, 5) is 11.8. The molecule has 1 aromatic carbocycles. The minimum atomic E-state index is -0.205. The Morgan fingerprint density at radius 1 is 1.38 bits per heavy atom. The molecule has 0 radical (unpaired) electrons. The van der Waals surface area contributed by atoms with E-state index in [1.165, 1.54) is 5.56 Å². The molecule has 0 saturated carbocycles. The van der Waals surface area contributed by atoms with Gasteiger partial charge in [0, 0.05) is 15.5 Å². The molecule has 68 valence electrons. The zero-order chi connectivity index (χ0) is 9.64. The highest BCUT2D eigenvalue weighted by Gasteiger charge is 2.37. The van der Waals surface area contributed by atoms with Gasteiger partial charge >= 0.3 is 0 Å². The van der Waals surface area contributed by atoms with Gasteiger partial charge in [-0.15, -0.1) is 0 Å². The fraction of sp³-hybridized carbons (Fsp3) is 0.364. The average molecular weight is 239 g/mol. The lowest BCUT2D eigenvalue weighted by molar-refractivity contribution is 0.0863. The number of hydrogen-bond acceptors (Lipinski definition) is 1. The molecular formula is C11H11BrO. The third-order valence-electron chi connectivity index (χ3n) is 2.56. The van der Waals surface area contributed by atoms with Crippen LogP contribution in [0.25, 0.3) is 0 Å². The van der Waals surface area contributed by atoms with Crippen LogP contribution in [0.1, 0.15) is 29.8 Å². The maximum Gasteiger partial charge on any atom is 0.169 e. The van der Waals surface area contributed by atoms with Gasteiger partial charge < -0.3 is 0 Å². The first-order valence-electron chi connectivity index (χ1n) is 4.34. The first-order chi connectivity index (χ1) is 6.00. The molecule has 1 aliphatic carbocycles. The first-order valence-corrected chi connectivity index (χ1v) is 5.13. The Labute approximate surface area is 86.3 Å². The fourth-order valence-corrected chi connectivity index (χ4v) is 2.26. The Balaban J connectivity index is 2.57. The van der Waals surface area contributed by atoms with Crippen LogP contribution in [0.3, 0.4) is 0 Å². The van der Waals surface area contributed by atoms with E-state index in [0.717, 1.165) is 16.5 Å². The summed E-state index contributed by atoms with van der Waals surface area (Å²) in [6.07, 6.45) is 0.862. The Hall–Kier alpha value is -0.630. The smallest absolute Gasteiger partial charge is 0.169 e. The number of carbonyl (C=O) groups is 1.